The third-order valence-corrected chi connectivity index (χ3v) is 4.22. The monoisotopic (exact) mass is 324 g/mol. The SMILES string of the molecule is CCCCCC(=O)/C=C/[C@@H]1O[C@@H]1CCCCCCCC(=O)OC. The van der Waals surface area contributed by atoms with Gasteiger partial charge in [-0.15, -0.1) is 0 Å². The molecule has 23 heavy (non-hydrogen) atoms. The van der Waals surface area contributed by atoms with Gasteiger partial charge >= 0.3 is 5.97 Å². The average molecular weight is 324 g/mol. The summed E-state index contributed by atoms with van der Waals surface area (Å²) in [7, 11) is 1.43. The molecule has 0 aromatic carbocycles. The van der Waals surface area contributed by atoms with Crippen LogP contribution in [0.5, 0.6) is 0 Å². The Morgan fingerprint density at radius 2 is 1.70 bits per heavy atom. The first-order chi connectivity index (χ1) is 11.2. The molecule has 2 atom stereocenters. The molecule has 1 aliphatic rings. The molecular weight excluding hydrogens is 292 g/mol. The van der Waals surface area contributed by atoms with Crippen molar-refractivity contribution in [3.63, 3.8) is 0 Å². The van der Waals surface area contributed by atoms with Crippen molar-refractivity contribution >= 4 is 11.8 Å². The highest BCUT2D eigenvalue weighted by molar-refractivity contribution is 5.89. The minimum absolute atomic E-state index is 0.116. The Balaban J connectivity index is 1.92. The Labute approximate surface area is 140 Å². The summed E-state index contributed by atoms with van der Waals surface area (Å²) in [5.41, 5.74) is 0. The van der Waals surface area contributed by atoms with E-state index in [1.807, 2.05) is 6.08 Å². The number of unbranched alkanes of at least 4 members (excludes halogenated alkanes) is 6. The van der Waals surface area contributed by atoms with E-state index in [4.69, 9.17) is 4.74 Å². The van der Waals surface area contributed by atoms with Crippen molar-refractivity contribution < 1.29 is 19.1 Å². The molecule has 0 radical (unpaired) electrons. The molecule has 1 saturated heterocycles. The first kappa shape index (κ1) is 19.9. The highest BCUT2D eigenvalue weighted by Crippen LogP contribution is 2.28. The standard InChI is InChI=1S/C19H32O4/c1-3-4-8-11-16(20)14-15-18-17(23-18)12-9-6-5-7-10-13-19(21)22-2/h14-15,17-18H,3-13H2,1-2H3/b15-14+/t17-,18+/m1/s1. The lowest BCUT2D eigenvalue weighted by molar-refractivity contribution is -0.140. The number of methoxy groups -OCH3 is 1. The van der Waals surface area contributed by atoms with Crippen LogP contribution in [0.15, 0.2) is 12.2 Å². The molecule has 0 amide bonds. The van der Waals surface area contributed by atoms with Gasteiger partial charge in [-0.05, 0) is 31.4 Å². The van der Waals surface area contributed by atoms with Gasteiger partial charge in [0.1, 0.15) is 6.10 Å². The topological polar surface area (TPSA) is 55.9 Å². The van der Waals surface area contributed by atoms with Crippen LogP contribution in [0.25, 0.3) is 0 Å². The molecule has 0 saturated carbocycles. The van der Waals surface area contributed by atoms with E-state index in [0.717, 1.165) is 51.4 Å². The van der Waals surface area contributed by atoms with Gasteiger partial charge in [0.25, 0.3) is 0 Å². The van der Waals surface area contributed by atoms with Crippen molar-refractivity contribution in [3.8, 4) is 0 Å². The number of hydrogen-bond donors (Lipinski definition) is 0. The quantitative estimate of drug-likeness (QED) is 0.206. The predicted octanol–water partition coefficient (Wildman–Crippen LogP) is 4.36. The van der Waals surface area contributed by atoms with Crippen molar-refractivity contribution in [2.45, 2.75) is 89.8 Å². The third kappa shape index (κ3) is 10.3. The van der Waals surface area contributed by atoms with Gasteiger partial charge in [-0.3, -0.25) is 9.59 Å². The lowest BCUT2D eigenvalue weighted by Gasteiger charge is -2.00. The highest BCUT2D eigenvalue weighted by Gasteiger charge is 2.35. The lowest BCUT2D eigenvalue weighted by Crippen LogP contribution is -1.99. The van der Waals surface area contributed by atoms with Crippen LogP contribution >= 0.6 is 0 Å². The number of esters is 1. The maximum absolute atomic E-state index is 11.6. The molecule has 1 aliphatic heterocycles. The van der Waals surface area contributed by atoms with E-state index in [-0.39, 0.29) is 17.9 Å². The van der Waals surface area contributed by atoms with E-state index < -0.39 is 0 Å². The van der Waals surface area contributed by atoms with Crippen LogP contribution in [0, 0.1) is 0 Å². The van der Waals surface area contributed by atoms with Crippen molar-refractivity contribution in [2.24, 2.45) is 0 Å². The van der Waals surface area contributed by atoms with E-state index in [2.05, 4.69) is 11.7 Å². The van der Waals surface area contributed by atoms with E-state index in [9.17, 15) is 9.59 Å². The van der Waals surface area contributed by atoms with Crippen LogP contribution in [0.4, 0.5) is 0 Å². The molecule has 0 aliphatic carbocycles. The van der Waals surface area contributed by atoms with Crippen LogP contribution in [0.2, 0.25) is 0 Å². The van der Waals surface area contributed by atoms with Crippen LogP contribution in [-0.4, -0.2) is 31.1 Å². The summed E-state index contributed by atoms with van der Waals surface area (Å²) in [6.07, 6.45) is 15.1. The van der Waals surface area contributed by atoms with E-state index in [1.54, 1.807) is 6.08 Å². The number of ether oxygens (including phenoxy) is 2. The van der Waals surface area contributed by atoms with Gasteiger partial charge in [0.2, 0.25) is 0 Å². The van der Waals surface area contributed by atoms with Gasteiger partial charge in [0, 0.05) is 12.8 Å². The Kier molecular flexibility index (Phi) is 10.6. The fourth-order valence-electron chi connectivity index (χ4n) is 2.64. The number of epoxide rings is 1. The highest BCUT2D eigenvalue weighted by atomic mass is 16.6. The summed E-state index contributed by atoms with van der Waals surface area (Å²) >= 11 is 0. The van der Waals surface area contributed by atoms with Crippen LogP contribution in [0.3, 0.4) is 0 Å². The van der Waals surface area contributed by atoms with Crippen LogP contribution < -0.4 is 0 Å². The fraction of sp³-hybridized carbons (Fsp3) is 0.789. The molecule has 0 bridgehead atoms. The Morgan fingerprint density at radius 1 is 1.00 bits per heavy atom. The molecule has 1 fully saturated rings. The normalized spacial score (nSPS) is 19.9. The summed E-state index contributed by atoms with van der Waals surface area (Å²) in [5, 5.41) is 0. The molecule has 0 aromatic heterocycles. The van der Waals surface area contributed by atoms with Gasteiger partial charge in [0.05, 0.1) is 13.2 Å². The molecule has 0 spiro atoms. The zero-order valence-corrected chi connectivity index (χ0v) is 14.7. The summed E-state index contributed by atoms with van der Waals surface area (Å²) in [5.74, 6) is 0.105. The van der Waals surface area contributed by atoms with Crippen LogP contribution in [-0.2, 0) is 19.1 Å². The number of allylic oxidation sites excluding steroid dienone is 1. The third-order valence-electron chi connectivity index (χ3n) is 4.22. The first-order valence-electron chi connectivity index (χ1n) is 9.10. The summed E-state index contributed by atoms with van der Waals surface area (Å²) < 4.78 is 10.2. The number of rotatable bonds is 14. The minimum atomic E-state index is -0.116. The summed E-state index contributed by atoms with van der Waals surface area (Å²) in [6, 6.07) is 0. The molecule has 4 nitrogen and oxygen atoms in total. The Hall–Kier alpha value is -1.16. The van der Waals surface area contributed by atoms with Crippen molar-refractivity contribution in [1.29, 1.82) is 0 Å². The largest absolute Gasteiger partial charge is 0.469 e. The number of hydrogen-bond acceptors (Lipinski definition) is 4. The van der Waals surface area contributed by atoms with Gasteiger partial charge < -0.3 is 9.47 Å². The zero-order chi connectivity index (χ0) is 16.9. The van der Waals surface area contributed by atoms with E-state index in [0.29, 0.717) is 18.9 Å². The van der Waals surface area contributed by atoms with E-state index >= 15 is 0 Å². The zero-order valence-electron chi connectivity index (χ0n) is 14.7. The maximum atomic E-state index is 11.6. The number of ketones is 1. The predicted molar refractivity (Wildman–Crippen MR) is 91.3 cm³/mol. The second-order valence-electron chi connectivity index (χ2n) is 6.30. The molecule has 0 N–H and O–H groups in total. The molecule has 1 heterocycles. The summed E-state index contributed by atoms with van der Waals surface area (Å²) in [6.45, 7) is 2.14. The number of carbonyl (C=O) groups is 2. The van der Waals surface area contributed by atoms with E-state index in [1.165, 1.54) is 13.5 Å². The molecule has 4 heteroatoms. The van der Waals surface area contributed by atoms with Gasteiger partial charge in [-0.25, -0.2) is 0 Å². The second-order valence-corrected chi connectivity index (χ2v) is 6.30. The molecule has 0 unspecified atom stereocenters. The van der Waals surface area contributed by atoms with Gasteiger partial charge in [0.15, 0.2) is 5.78 Å². The molecule has 1 rings (SSSR count). The minimum Gasteiger partial charge on any atom is -0.469 e. The molecule has 132 valence electrons. The van der Waals surface area contributed by atoms with Crippen molar-refractivity contribution in [1.82, 2.24) is 0 Å². The smallest absolute Gasteiger partial charge is 0.305 e. The Bertz CT molecular complexity index is 376. The Morgan fingerprint density at radius 3 is 2.43 bits per heavy atom. The van der Waals surface area contributed by atoms with Crippen molar-refractivity contribution in [3.05, 3.63) is 12.2 Å². The molecular formula is C19H32O4. The summed E-state index contributed by atoms with van der Waals surface area (Å²) in [4.78, 5) is 22.6. The van der Waals surface area contributed by atoms with Crippen molar-refractivity contribution in [2.75, 3.05) is 7.11 Å². The fourth-order valence-corrected chi connectivity index (χ4v) is 2.64. The lowest BCUT2D eigenvalue weighted by atomic mass is 10.1. The van der Waals surface area contributed by atoms with Crippen LogP contribution in [0.1, 0.15) is 77.6 Å². The van der Waals surface area contributed by atoms with Gasteiger partial charge in [-0.2, -0.15) is 0 Å². The number of carbonyl (C=O) groups excluding carboxylic acids is 2. The van der Waals surface area contributed by atoms with Gasteiger partial charge in [-0.1, -0.05) is 45.4 Å². The second kappa shape index (κ2) is 12.3. The first-order valence-corrected chi connectivity index (χ1v) is 9.10. The molecule has 0 aromatic rings. The maximum Gasteiger partial charge on any atom is 0.305 e. The average Bonchev–Trinajstić information content (AvgIpc) is 3.30.